The number of hydrogen-bond donors (Lipinski definition) is 1. The Morgan fingerprint density at radius 2 is 2.25 bits per heavy atom. The summed E-state index contributed by atoms with van der Waals surface area (Å²) < 4.78 is 10.4. The molecule has 0 heterocycles. The maximum atomic E-state index is 10.7. The van der Waals surface area contributed by atoms with Gasteiger partial charge in [0.05, 0.1) is 27.4 Å². The van der Waals surface area contributed by atoms with E-state index in [1.807, 2.05) is 0 Å². The molecule has 3 nitrogen and oxygen atoms in total. The Bertz CT molecular complexity index is 364. The largest absolute Gasteiger partial charge is 0.298 e. The number of halogens is 1. The van der Waals surface area contributed by atoms with Crippen molar-refractivity contribution in [1.82, 2.24) is 0 Å². The minimum absolute atomic E-state index is 0.0671. The first-order valence-corrected chi connectivity index (χ1v) is 4.13. The van der Waals surface area contributed by atoms with Crippen molar-refractivity contribution >= 4 is 38.7 Å². The Morgan fingerprint density at radius 3 is 2.75 bits per heavy atom. The SMILES string of the molecule is N=C1C(C(=O)Cl)=CC=CC1=S=O. The van der Waals surface area contributed by atoms with Crippen LogP contribution in [0.3, 0.4) is 0 Å². The molecule has 1 aliphatic rings. The minimum Gasteiger partial charge on any atom is -0.298 e. The van der Waals surface area contributed by atoms with Gasteiger partial charge in [0.15, 0.2) is 0 Å². The lowest BCUT2D eigenvalue weighted by atomic mass is 10.0. The van der Waals surface area contributed by atoms with Gasteiger partial charge in [0.1, 0.15) is 0 Å². The number of hydrogen-bond acceptors (Lipinski definition) is 3. The fourth-order valence-corrected chi connectivity index (χ4v) is 1.25. The van der Waals surface area contributed by atoms with Crippen LogP contribution in [0.4, 0.5) is 0 Å². The zero-order valence-electron chi connectivity index (χ0n) is 5.83. The van der Waals surface area contributed by atoms with Crippen LogP contribution in [-0.4, -0.2) is 20.0 Å². The number of allylic oxidation sites excluding steroid dienone is 4. The Balaban J connectivity index is 3.16. The molecule has 1 aliphatic carbocycles. The van der Waals surface area contributed by atoms with Gasteiger partial charge in [-0.3, -0.25) is 10.2 Å². The van der Waals surface area contributed by atoms with Crippen molar-refractivity contribution in [2.24, 2.45) is 0 Å². The molecule has 0 amide bonds. The summed E-state index contributed by atoms with van der Waals surface area (Å²) in [4.78, 5) is 10.9. The Labute approximate surface area is 77.3 Å². The molecule has 0 spiro atoms. The number of carbonyl (C=O) groups is 1. The van der Waals surface area contributed by atoms with Crippen molar-refractivity contribution in [2.45, 2.75) is 0 Å². The van der Waals surface area contributed by atoms with Crippen molar-refractivity contribution in [1.29, 1.82) is 5.41 Å². The predicted molar refractivity (Wildman–Crippen MR) is 49.0 cm³/mol. The first kappa shape index (κ1) is 9.09. The van der Waals surface area contributed by atoms with Gasteiger partial charge in [-0.15, -0.1) is 0 Å². The second kappa shape index (κ2) is 3.60. The van der Waals surface area contributed by atoms with E-state index < -0.39 is 5.24 Å². The summed E-state index contributed by atoms with van der Waals surface area (Å²) in [6.45, 7) is 0. The zero-order valence-corrected chi connectivity index (χ0v) is 7.41. The van der Waals surface area contributed by atoms with Gasteiger partial charge < -0.3 is 0 Å². The second-order valence-corrected chi connectivity index (χ2v) is 2.99. The van der Waals surface area contributed by atoms with Gasteiger partial charge in [0.25, 0.3) is 5.24 Å². The fraction of sp³-hybridized carbons (Fsp3) is 0. The van der Waals surface area contributed by atoms with Gasteiger partial charge >= 0.3 is 0 Å². The van der Waals surface area contributed by atoms with Crippen molar-refractivity contribution in [3.05, 3.63) is 23.8 Å². The highest BCUT2D eigenvalue weighted by molar-refractivity contribution is 7.69. The van der Waals surface area contributed by atoms with E-state index in [0.29, 0.717) is 0 Å². The lowest BCUT2D eigenvalue weighted by molar-refractivity contribution is -0.108. The number of nitrogens with one attached hydrogen (secondary N) is 1. The predicted octanol–water partition coefficient (Wildman–Crippen LogP) is 0.653. The molecule has 5 heteroatoms. The van der Waals surface area contributed by atoms with E-state index >= 15 is 0 Å². The lowest BCUT2D eigenvalue weighted by Gasteiger charge is -2.05. The van der Waals surface area contributed by atoms with E-state index in [9.17, 15) is 9.00 Å². The van der Waals surface area contributed by atoms with Gasteiger partial charge in [0, 0.05) is 0 Å². The molecule has 0 unspecified atom stereocenters. The third-order valence-corrected chi connectivity index (χ3v) is 2.05. The van der Waals surface area contributed by atoms with E-state index in [-0.39, 0.29) is 27.4 Å². The van der Waals surface area contributed by atoms with Gasteiger partial charge in [-0.2, -0.15) is 0 Å². The first-order valence-electron chi connectivity index (χ1n) is 3.01. The molecule has 12 heavy (non-hydrogen) atoms. The molecule has 0 bridgehead atoms. The van der Waals surface area contributed by atoms with Crippen molar-refractivity contribution < 1.29 is 9.00 Å². The van der Waals surface area contributed by atoms with Crippen LogP contribution in [0.25, 0.3) is 0 Å². The molecule has 0 aromatic rings. The van der Waals surface area contributed by atoms with Gasteiger partial charge in [-0.1, -0.05) is 6.08 Å². The van der Waals surface area contributed by atoms with Gasteiger partial charge in [-0.05, 0) is 23.8 Å². The molecule has 1 N–H and O–H groups in total. The summed E-state index contributed by atoms with van der Waals surface area (Å²) in [5.41, 5.74) is -0.0324. The highest BCUT2D eigenvalue weighted by Crippen LogP contribution is 2.08. The maximum Gasteiger partial charge on any atom is 0.254 e. The quantitative estimate of drug-likeness (QED) is 0.500. The first-order chi connectivity index (χ1) is 5.66. The highest BCUT2D eigenvalue weighted by atomic mass is 35.5. The van der Waals surface area contributed by atoms with Gasteiger partial charge in [-0.25, -0.2) is 4.21 Å². The molecule has 0 aromatic heterocycles. The fourth-order valence-electron chi connectivity index (χ4n) is 0.764. The zero-order chi connectivity index (χ0) is 9.14. The maximum absolute atomic E-state index is 10.7. The standard InChI is InChI=1S/C7H4ClNO2S/c8-7(10)4-2-1-3-5(12-11)6(4)9/h1-3,9H. The van der Waals surface area contributed by atoms with Crippen LogP contribution in [0.2, 0.25) is 0 Å². The van der Waals surface area contributed by atoms with Crippen LogP contribution in [0.5, 0.6) is 0 Å². The number of rotatable bonds is 1. The van der Waals surface area contributed by atoms with Crippen molar-refractivity contribution in [3.63, 3.8) is 0 Å². The summed E-state index contributed by atoms with van der Waals surface area (Å²) in [5, 5.41) is 6.64. The summed E-state index contributed by atoms with van der Waals surface area (Å²) >= 11 is 5.35. The molecule has 1 rings (SSSR count). The summed E-state index contributed by atoms with van der Waals surface area (Å²) in [6, 6.07) is 0. The molecule has 0 aliphatic heterocycles. The van der Waals surface area contributed by atoms with Crippen LogP contribution in [0.1, 0.15) is 0 Å². The minimum atomic E-state index is -0.712. The molecule has 0 atom stereocenters. The smallest absolute Gasteiger partial charge is 0.254 e. The van der Waals surface area contributed by atoms with Crippen LogP contribution >= 0.6 is 11.6 Å². The molecule has 0 saturated carbocycles. The highest BCUT2D eigenvalue weighted by Gasteiger charge is 2.17. The Kier molecular flexibility index (Phi) is 2.73. The van der Waals surface area contributed by atoms with E-state index in [4.69, 9.17) is 17.0 Å². The van der Waals surface area contributed by atoms with Crippen LogP contribution < -0.4 is 0 Å². The van der Waals surface area contributed by atoms with E-state index in [0.717, 1.165) is 0 Å². The number of carbonyl (C=O) groups excluding carboxylic acids is 1. The molecular formula is C7H4ClNO2S. The third kappa shape index (κ3) is 1.60. The molecule has 0 saturated heterocycles. The average Bonchev–Trinajstić information content (AvgIpc) is 2.04. The lowest BCUT2D eigenvalue weighted by Crippen LogP contribution is -2.19. The Hall–Kier alpha value is -1.00. The van der Waals surface area contributed by atoms with E-state index in [1.165, 1.54) is 18.2 Å². The third-order valence-electron chi connectivity index (χ3n) is 1.33. The average molecular weight is 202 g/mol. The van der Waals surface area contributed by atoms with E-state index in [1.54, 1.807) is 0 Å². The summed E-state index contributed by atoms with van der Waals surface area (Å²) in [5.74, 6) is 0. The van der Waals surface area contributed by atoms with Crippen LogP contribution in [0, 0.1) is 5.41 Å². The van der Waals surface area contributed by atoms with Crippen molar-refractivity contribution in [3.8, 4) is 0 Å². The van der Waals surface area contributed by atoms with Crippen LogP contribution in [0.15, 0.2) is 23.8 Å². The molecular weight excluding hydrogens is 198 g/mol. The van der Waals surface area contributed by atoms with Crippen LogP contribution in [-0.2, 0) is 16.1 Å². The molecule has 0 aromatic carbocycles. The van der Waals surface area contributed by atoms with Crippen molar-refractivity contribution in [2.75, 3.05) is 0 Å². The van der Waals surface area contributed by atoms with E-state index in [2.05, 4.69) is 0 Å². The topological polar surface area (TPSA) is 58.0 Å². The molecule has 0 fully saturated rings. The molecule has 0 radical (unpaired) electrons. The Morgan fingerprint density at radius 1 is 1.58 bits per heavy atom. The molecule has 62 valence electrons. The normalized spacial score (nSPS) is 15.9. The van der Waals surface area contributed by atoms with Gasteiger partial charge in [0.2, 0.25) is 0 Å². The summed E-state index contributed by atoms with van der Waals surface area (Å²) in [7, 11) is 0. The summed E-state index contributed by atoms with van der Waals surface area (Å²) in [6.07, 6.45) is 4.41. The second-order valence-electron chi connectivity index (χ2n) is 2.04. The monoisotopic (exact) mass is 201 g/mol.